The van der Waals surface area contributed by atoms with Gasteiger partial charge in [0.05, 0.1) is 5.56 Å². The van der Waals surface area contributed by atoms with Crippen molar-refractivity contribution in [2.45, 2.75) is 17.6 Å². The number of esters is 1. The molecule has 0 aliphatic carbocycles. The molecule has 1 unspecified atom stereocenters. The summed E-state index contributed by atoms with van der Waals surface area (Å²) in [7, 11) is 0. The van der Waals surface area contributed by atoms with Gasteiger partial charge >= 0.3 is 5.97 Å². The largest absolute Gasteiger partial charge is 0.611 e. The average molecular weight is 336 g/mol. The zero-order valence-electron chi connectivity index (χ0n) is 11.6. The Labute approximate surface area is 133 Å². The molecule has 2 heterocycles. The molecule has 0 saturated heterocycles. The zero-order chi connectivity index (χ0) is 15.7. The molecule has 114 valence electrons. The van der Waals surface area contributed by atoms with E-state index in [2.05, 4.69) is 10.3 Å². The molecule has 2 aromatic rings. The molecule has 0 radical (unpaired) electrons. The van der Waals surface area contributed by atoms with Gasteiger partial charge in [-0.3, -0.25) is 14.9 Å². The predicted octanol–water partition coefficient (Wildman–Crippen LogP) is 1.98. The molecular formula is C14H12N2O4S2. The number of benzene rings is 1. The summed E-state index contributed by atoms with van der Waals surface area (Å²) in [5.74, 6) is -0.128. The topological polar surface area (TPSA) is 91.4 Å². The first kappa shape index (κ1) is 15.0. The van der Waals surface area contributed by atoms with Crippen molar-refractivity contribution in [3.05, 3.63) is 35.5 Å². The second kappa shape index (κ2) is 6.07. The van der Waals surface area contributed by atoms with Crippen molar-refractivity contribution in [1.29, 1.82) is 0 Å². The van der Waals surface area contributed by atoms with Crippen LogP contribution in [-0.2, 0) is 22.4 Å². The van der Waals surface area contributed by atoms with Gasteiger partial charge in [0.15, 0.2) is 5.13 Å². The second-order valence-corrected chi connectivity index (χ2v) is 7.36. The third kappa shape index (κ3) is 2.99. The highest BCUT2D eigenvalue weighted by molar-refractivity contribution is 7.93. The summed E-state index contributed by atoms with van der Waals surface area (Å²) < 4.78 is 17.5. The van der Waals surface area contributed by atoms with Crippen molar-refractivity contribution in [1.82, 2.24) is 4.98 Å². The summed E-state index contributed by atoms with van der Waals surface area (Å²) >= 11 is 0.209. The first-order valence-electron chi connectivity index (χ1n) is 6.51. The Hall–Kier alpha value is -1.90. The van der Waals surface area contributed by atoms with Gasteiger partial charge in [-0.25, -0.2) is 4.98 Å². The number of thiazole rings is 1. The second-order valence-electron chi connectivity index (χ2n) is 4.60. The van der Waals surface area contributed by atoms with Crippen LogP contribution in [0.1, 0.15) is 23.0 Å². The van der Waals surface area contributed by atoms with Crippen LogP contribution in [0.4, 0.5) is 5.13 Å². The molecule has 0 spiro atoms. The smallest absolute Gasteiger partial charge is 0.308 e. The summed E-state index contributed by atoms with van der Waals surface area (Å²) in [6.07, 6.45) is 0.665. The molecule has 8 heteroatoms. The lowest BCUT2D eigenvalue weighted by molar-refractivity contribution is -0.131. The summed E-state index contributed by atoms with van der Waals surface area (Å²) in [5.41, 5.74) is 1.03. The van der Waals surface area contributed by atoms with E-state index in [0.29, 0.717) is 17.3 Å². The number of amides is 1. The first-order chi connectivity index (χ1) is 10.5. The highest BCUT2D eigenvalue weighted by Gasteiger charge is 2.30. The number of rotatable bonds is 3. The van der Waals surface area contributed by atoms with Crippen molar-refractivity contribution >= 4 is 39.5 Å². The quantitative estimate of drug-likeness (QED) is 0.526. The minimum absolute atomic E-state index is 0.195. The Morgan fingerprint density at radius 2 is 2.18 bits per heavy atom. The highest BCUT2D eigenvalue weighted by atomic mass is 32.2. The fourth-order valence-electron chi connectivity index (χ4n) is 2.07. The third-order valence-electron chi connectivity index (χ3n) is 3.00. The molecule has 1 atom stereocenters. The van der Waals surface area contributed by atoms with Crippen LogP contribution in [0.2, 0.25) is 0 Å². The van der Waals surface area contributed by atoms with Crippen LogP contribution in [0.15, 0.2) is 28.5 Å². The number of hydrogen-bond donors (Lipinski definition) is 1. The number of carbonyl (C=O) groups excluding carboxylic acids is 2. The number of fused-ring (bicyclic) bond motifs is 1. The van der Waals surface area contributed by atoms with Crippen molar-refractivity contribution in [3.8, 4) is 5.75 Å². The third-order valence-corrected chi connectivity index (χ3v) is 5.84. The molecule has 6 nitrogen and oxygen atoms in total. The van der Waals surface area contributed by atoms with Gasteiger partial charge in [0.1, 0.15) is 17.2 Å². The zero-order valence-corrected chi connectivity index (χ0v) is 13.3. The standard InChI is InChI=1S/C14H12N2O4S2/c1-8(17)20-11-5-3-2-4-9(11)12(18)16-14-15-10-6-7-22(19)13(10)21-14/h2-5H,6-7H2,1H3,(H,15,16,18). The van der Waals surface area contributed by atoms with Gasteiger partial charge in [0.2, 0.25) is 4.21 Å². The number of ether oxygens (including phenoxy) is 1. The fraction of sp³-hybridized carbons (Fsp3) is 0.214. The Bertz CT molecular complexity index is 744. The molecular weight excluding hydrogens is 324 g/mol. The molecule has 1 aromatic carbocycles. The van der Waals surface area contributed by atoms with Crippen molar-refractivity contribution in [3.63, 3.8) is 0 Å². The van der Waals surface area contributed by atoms with Crippen LogP contribution in [0.3, 0.4) is 0 Å². The van der Waals surface area contributed by atoms with Crippen LogP contribution >= 0.6 is 11.3 Å². The molecule has 1 amide bonds. The van der Waals surface area contributed by atoms with Gasteiger partial charge in [-0.2, -0.15) is 0 Å². The molecule has 0 bridgehead atoms. The maximum absolute atomic E-state index is 12.3. The SMILES string of the molecule is CC(=O)Oc1ccccc1C(=O)Nc1nc2c(s1)[S+]([O-])CC2. The van der Waals surface area contributed by atoms with E-state index in [1.54, 1.807) is 24.3 Å². The van der Waals surface area contributed by atoms with E-state index in [9.17, 15) is 14.1 Å². The number of nitrogens with zero attached hydrogens (tertiary/aromatic N) is 1. The Morgan fingerprint density at radius 1 is 1.41 bits per heavy atom. The molecule has 22 heavy (non-hydrogen) atoms. The van der Waals surface area contributed by atoms with Gasteiger partial charge in [-0.15, -0.1) is 0 Å². The van der Waals surface area contributed by atoms with Crippen LogP contribution in [0.25, 0.3) is 0 Å². The number of aryl methyl sites for hydroxylation is 1. The highest BCUT2D eigenvalue weighted by Crippen LogP contribution is 2.34. The molecule has 1 aliphatic heterocycles. The van der Waals surface area contributed by atoms with Gasteiger partial charge in [-0.1, -0.05) is 12.1 Å². The number of aromatic nitrogens is 1. The molecule has 3 rings (SSSR count). The minimum atomic E-state index is -1.01. The lowest BCUT2D eigenvalue weighted by atomic mass is 10.2. The van der Waals surface area contributed by atoms with Gasteiger partial charge in [0, 0.05) is 13.3 Å². The lowest BCUT2D eigenvalue weighted by Gasteiger charge is -2.07. The van der Waals surface area contributed by atoms with Crippen molar-refractivity contribution in [2.75, 3.05) is 11.1 Å². The van der Waals surface area contributed by atoms with Gasteiger partial charge in [-0.05, 0) is 34.6 Å². The lowest BCUT2D eigenvalue weighted by Crippen LogP contribution is -2.14. The van der Waals surface area contributed by atoms with Crippen molar-refractivity contribution < 1.29 is 18.9 Å². The molecule has 0 saturated carbocycles. The first-order valence-corrected chi connectivity index (χ1v) is 8.65. The number of hydrogen-bond acceptors (Lipinski definition) is 6. The summed E-state index contributed by atoms with van der Waals surface area (Å²) in [6, 6.07) is 6.47. The molecule has 0 fully saturated rings. The Balaban J connectivity index is 1.80. The Kier molecular flexibility index (Phi) is 4.14. The van der Waals surface area contributed by atoms with Crippen LogP contribution < -0.4 is 10.1 Å². The van der Waals surface area contributed by atoms with Crippen LogP contribution in [0, 0.1) is 0 Å². The van der Waals surface area contributed by atoms with Crippen molar-refractivity contribution in [2.24, 2.45) is 0 Å². The number of nitrogens with one attached hydrogen (secondary N) is 1. The average Bonchev–Trinajstić information content (AvgIpc) is 3.01. The van der Waals surface area contributed by atoms with E-state index >= 15 is 0 Å². The maximum Gasteiger partial charge on any atom is 0.308 e. The Morgan fingerprint density at radius 3 is 2.91 bits per heavy atom. The van der Waals surface area contributed by atoms with Crippen LogP contribution in [-0.4, -0.2) is 27.2 Å². The molecule has 1 N–H and O–H groups in total. The van der Waals surface area contributed by atoms with E-state index in [1.165, 1.54) is 18.3 Å². The number of carbonyl (C=O) groups is 2. The number of anilines is 1. The molecule has 1 aliphatic rings. The number of para-hydroxylation sites is 1. The predicted molar refractivity (Wildman–Crippen MR) is 82.8 cm³/mol. The van der Waals surface area contributed by atoms with Gasteiger partial charge < -0.3 is 9.29 Å². The summed E-state index contributed by atoms with van der Waals surface area (Å²) in [4.78, 5) is 27.7. The van der Waals surface area contributed by atoms with E-state index in [0.717, 1.165) is 9.90 Å². The van der Waals surface area contributed by atoms with E-state index in [-0.39, 0.29) is 11.3 Å². The van der Waals surface area contributed by atoms with E-state index in [4.69, 9.17) is 4.74 Å². The maximum atomic E-state index is 12.3. The summed E-state index contributed by atoms with van der Waals surface area (Å²) in [6.45, 7) is 1.27. The fourth-order valence-corrected chi connectivity index (χ4v) is 4.65. The van der Waals surface area contributed by atoms with E-state index in [1.807, 2.05) is 0 Å². The monoisotopic (exact) mass is 336 g/mol. The minimum Gasteiger partial charge on any atom is -0.611 e. The van der Waals surface area contributed by atoms with Gasteiger partial charge in [0.25, 0.3) is 5.91 Å². The van der Waals surface area contributed by atoms with E-state index < -0.39 is 23.1 Å². The van der Waals surface area contributed by atoms with Crippen LogP contribution in [0.5, 0.6) is 5.75 Å². The molecule has 1 aromatic heterocycles. The summed E-state index contributed by atoms with van der Waals surface area (Å²) in [5, 5.41) is 3.07. The normalized spacial score (nSPS) is 16.2.